The Morgan fingerprint density at radius 2 is 1.81 bits per heavy atom. The number of carbonyl (C=O) groups excluding carboxylic acids is 2. The minimum absolute atomic E-state index is 0.0882. The first-order valence-corrected chi connectivity index (χ1v) is 16.3. The summed E-state index contributed by atoms with van der Waals surface area (Å²) in [5, 5.41) is 14.3. The number of nitrogens with zero attached hydrogens (tertiary/aromatic N) is 1. The average Bonchev–Trinajstić information content (AvgIpc) is 3.34. The van der Waals surface area contributed by atoms with Crippen LogP contribution < -0.4 is 10.1 Å². The third kappa shape index (κ3) is 9.40. The zero-order valence-electron chi connectivity index (χ0n) is 25.2. The van der Waals surface area contributed by atoms with Crippen LogP contribution in [-0.2, 0) is 35.4 Å². The maximum Gasteiger partial charge on any atom is 0.410 e. The molecule has 2 fully saturated rings. The molecule has 12 heteroatoms. The van der Waals surface area contributed by atoms with Crippen LogP contribution in [0.2, 0.25) is 0 Å². The Kier molecular flexibility index (Phi) is 10.4. The molecule has 0 aromatic heterocycles. The number of carbonyl (C=O) groups is 2. The highest BCUT2D eigenvalue weighted by Gasteiger charge is 2.45. The van der Waals surface area contributed by atoms with Crippen LogP contribution in [0.4, 0.5) is 4.79 Å². The first-order valence-electron chi connectivity index (χ1n) is 14.4. The molecule has 236 valence electrons. The summed E-state index contributed by atoms with van der Waals surface area (Å²) in [5.74, 6) is -0.382. The molecule has 2 aliphatic rings. The van der Waals surface area contributed by atoms with Gasteiger partial charge in [0, 0.05) is 25.4 Å². The van der Waals surface area contributed by atoms with E-state index in [1.807, 2.05) is 30.3 Å². The molecule has 2 aliphatic heterocycles. The molecule has 43 heavy (non-hydrogen) atoms. The summed E-state index contributed by atoms with van der Waals surface area (Å²) < 4.78 is 46.8. The number of hydrogen-bond donors (Lipinski definition) is 2. The molecule has 0 saturated carbocycles. The SMILES string of the molecule is CC(C)(C)OC(=O)[C@H](N[C@H]1COC2(CCN(C(=O)OCc3ccccc3)CC2)C1)[C@@H](O)COc1cccc(S(C)(=O)=O)c1. The number of hydrogen-bond acceptors (Lipinski definition) is 10. The standard InChI is InChI=1S/C31H42N2O9S/c1-30(2,3)42-28(35)27(26(34)21-39-24-11-8-12-25(17-24)43(4,37)38)32-23-18-31(41-20-23)13-15-33(16-14-31)29(36)40-19-22-9-6-5-7-10-22/h5-12,17,23,26-27,32,34H,13-16,18-21H2,1-4H3/t23-,26+,27-/m1/s1. The number of rotatable bonds is 10. The Morgan fingerprint density at radius 1 is 1.12 bits per heavy atom. The van der Waals surface area contributed by atoms with Gasteiger partial charge in [-0.1, -0.05) is 36.4 Å². The second-order valence-electron chi connectivity index (χ2n) is 12.2. The number of benzene rings is 2. The lowest BCUT2D eigenvalue weighted by Crippen LogP contribution is -2.54. The number of aliphatic hydroxyl groups excluding tert-OH is 1. The molecule has 2 N–H and O–H groups in total. The van der Waals surface area contributed by atoms with E-state index in [0.29, 0.717) is 39.0 Å². The van der Waals surface area contributed by atoms with E-state index in [1.54, 1.807) is 37.8 Å². The van der Waals surface area contributed by atoms with Gasteiger partial charge in [-0.15, -0.1) is 0 Å². The van der Waals surface area contributed by atoms with Crippen LogP contribution in [-0.4, -0.2) is 92.4 Å². The van der Waals surface area contributed by atoms with Crippen LogP contribution >= 0.6 is 0 Å². The summed E-state index contributed by atoms with van der Waals surface area (Å²) >= 11 is 0. The van der Waals surface area contributed by atoms with E-state index in [1.165, 1.54) is 12.1 Å². The lowest BCUT2D eigenvalue weighted by atomic mass is 9.87. The number of aliphatic hydroxyl groups is 1. The molecule has 1 amide bonds. The molecule has 1 spiro atoms. The fourth-order valence-corrected chi connectivity index (χ4v) is 5.89. The predicted molar refractivity (Wildman–Crippen MR) is 158 cm³/mol. The van der Waals surface area contributed by atoms with Gasteiger partial charge in [0.25, 0.3) is 0 Å². The molecule has 0 aliphatic carbocycles. The molecule has 11 nitrogen and oxygen atoms in total. The largest absolute Gasteiger partial charge is 0.491 e. The Labute approximate surface area is 253 Å². The summed E-state index contributed by atoms with van der Waals surface area (Å²) in [5.41, 5.74) is -0.316. The lowest BCUT2D eigenvalue weighted by molar-refractivity contribution is -0.161. The lowest BCUT2D eigenvalue weighted by Gasteiger charge is -2.38. The van der Waals surface area contributed by atoms with Gasteiger partial charge in [0.05, 0.1) is 17.1 Å². The summed E-state index contributed by atoms with van der Waals surface area (Å²) in [7, 11) is -3.44. The molecule has 4 rings (SSSR count). The quantitative estimate of drug-likeness (QED) is 0.382. The Bertz CT molecular complexity index is 1350. The van der Waals surface area contributed by atoms with E-state index in [0.717, 1.165) is 11.8 Å². The van der Waals surface area contributed by atoms with Crippen molar-refractivity contribution in [1.82, 2.24) is 10.2 Å². The molecular weight excluding hydrogens is 576 g/mol. The van der Waals surface area contributed by atoms with Crippen LogP contribution in [0.1, 0.15) is 45.6 Å². The highest BCUT2D eigenvalue weighted by molar-refractivity contribution is 7.90. The monoisotopic (exact) mass is 618 g/mol. The van der Waals surface area contributed by atoms with E-state index < -0.39 is 39.2 Å². The number of esters is 1. The zero-order valence-corrected chi connectivity index (χ0v) is 26.0. The van der Waals surface area contributed by atoms with E-state index in [4.69, 9.17) is 18.9 Å². The van der Waals surface area contributed by atoms with Crippen LogP contribution in [0.3, 0.4) is 0 Å². The topological polar surface area (TPSA) is 141 Å². The number of nitrogens with one attached hydrogen (secondary N) is 1. The van der Waals surface area contributed by atoms with Crippen molar-refractivity contribution in [1.29, 1.82) is 0 Å². The smallest absolute Gasteiger partial charge is 0.410 e. The molecule has 0 unspecified atom stereocenters. The van der Waals surface area contributed by atoms with Gasteiger partial charge < -0.3 is 29.0 Å². The first-order chi connectivity index (χ1) is 20.2. The fraction of sp³-hybridized carbons (Fsp3) is 0.548. The minimum Gasteiger partial charge on any atom is -0.491 e. The minimum atomic E-state index is -3.44. The van der Waals surface area contributed by atoms with Crippen molar-refractivity contribution in [3.63, 3.8) is 0 Å². The average molecular weight is 619 g/mol. The van der Waals surface area contributed by atoms with Crippen molar-refractivity contribution in [2.24, 2.45) is 0 Å². The number of likely N-dealkylation sites (tertiary alicyclic amines) is 1. The molecule has 2 aromatic rings. The van der Waals surface area contributed by atoms with Crippen molar-refractivity contribution in [3.8, 4) is 5.75 Å². The van der Waals surface area contributed by atoms with Gasteiger partial charge in [-0.3, -0.25) is 10.1 Å². The summed E-state index contributed by atoms with van der Waals surface area (Å²) in [6.45, 7) is 6.46. The first kappa shape index (κ1) is 32.7. The number of sulfone groups is 1. The maximum atomic E-state index is 13.2. The number of piperidine rings is 1. The third-order valence-electron chi connectivity index (χ3n) is 7.46. The van der Waals surface area contributed by atoms with Gasteiger partial charge in [-0.05, 0) is 63.8 Å². The number of ether oxygens (including phenoxy) is 4. The van der Waals surface area contributed by atoms with Crippen molar-refractivity contribution in [2.45, 2.75) is 80.9 Å². The van der Waals surface area contributed by atoms with Crippen LogP contribution in [0.25, 0.3) is 0 Å². The van der Waals surface area contributed by atoms with Crippen molar-refractivity contribution >= 4 is 21.9 Å². The van der Waals surface area contributed by atoms with Gasteiger partial charge in [-0.25, -0.2) is 13.2 Å². The van der Waals surface area contributed by atoms with Crippen molar-refractivity contribution < 1.29 is 42.1 Å². The van der Waals surface area contributed by atoms with Crippen LogP contribution in [0.15, 0.2) is 59.5 Å². The molecule has 2 saturated heterocycles. The van der Waals surface area contributed by atoms with Crippen molar-refractivity contribution in [2.75, 3.05) is 32.6 Å². The Balaban J connectivity index is 1.33. The second kappa shape index (κ2) is 13.6. The molecule has 0 bridgehead atoms. The predicted octanol–water partition coefficient (Wildman–Crippen LogP) is 3.09. The van der Waals surface area contributed by atoms with E-state index in [2.05, 4.69) is 5.32 Å². The molecule has 2 aromatic carbocycles. The molecular formula is C31H42N2O9S. The summed E-state index contributed by atoms with van der Waals surface area (Å²) in [6.07, 6.45) is 1.26. The van der Waals surface area contributed by atoms with Crippen molar-refractivity contribution in [3.05, 3.63) is 60.2 Å². The fourth-order valence-electron chi connectivity index (χ4n) is 5.24. The Morgan fingerprint density at radius 3 is 2.47 bits per heavy atom. The Hall–Kier alpha value is -3.19. The summed E-state index contributed by atoms with van der Waals surface area (Å²) in [6, 6.07) is 14.1. The van der Waals surface area contributed by atoms with Gasteiger partial charge >= 0.3 is 12.1 Å². The van der Waals surface area contributed by atoms with Gasteiger partial charge in [0.15, 0.2) is 9.84 Å². The maximum absolute atomic E-state index is 13.2. The van der Waals surface area contributed by atoms with E-state index >= 15 is 0 Å². The van der Waals surface area contributed by atoms with Gasteiger partial charge in [0.1, 0.15) is 36.7 Å². The van der Waals surface area contributed by atoms with Gasteiger partial charge in [-0.2, -0.15) is 0 Å². The third-order valence-corrected chi connectivity index (χ3v) is 8.57. The van der Waals surface area contributed by atoms with Crippen LogP contribution in [0, 0.1) is 0 Å². The number of amides is 1. The normalized spacial score (nSPS) is 19.9. The van der Waals surface area contributed by atoms with E-state index in [-0.39, 0.29) is 36.0 Å². The molecule has 3 atom stereocenters. The second-order valence-corrected chi connectivity index (χ2v) is 14.2. The van der Waals surface area contributed by atoms with Crippen LogP contribution in [0.5, 0.6) is 5.75 Å². The molecule has 0 radical (unpaired) electrons. The van der Waals surface area contributed by atoms with E-state index in [9.17, 15) is 23.1 Å². The van der Waals surface area contributed by atoms with Gasteiger partial charge in [0.2, 0.25) is 0 Å². The zero-order chi connectivity index (χ0) is 31.3. The molecule has 2 heterocycles. The summed E-state index contributed by atoms with van der Waals surface area (Å²) in [4.78, 5) is 27.5. The highest BCUT2D eigenvalue weighted by atomic mass is 32.2. The highest BCUT2D eigenvalue weighted by Crippen LogP contribution is 2.36.